The summed E-state index contributed by atoms with van der Waals surface area (Å²) in [6.45, 7) is 4.77. The van der Waals surface area contributed by atoms with Crippen LogP contribution in [0.1, 0.15) is 18.2 Å². The van der Waals surface area contributed by atoms with Gasteiger partial charge in [0.25, 0.3) is 0 Å². The highest BCUT2D eigenvalue weighted by Gasteiger charge is 2.24. The fourth-order valence-electron chi connectivity index (χ4n) is 2.00. The molecule has 2 aromatic rings. The number of hydrogen-bond donors (Lipinski definition) is 1. The highest BCUT2D eigenvalue weighted by molar-refractivity contribution is 7.07. The second-order valence-electron chi connectivity index (χ2n) is 4.58. The van der Waals surface area contributed by atoms with Gasteiger partial charge in [0.05, 0.1) is 4.92 Å². The molecule has 2 heterocycles. The zero-order valence-corrected chi connectivity index (χ0v) is 13.0. The van der Waals surface area contributed by atoms with E-state index in [1.165, 1.54) is 0 Å². The molecule has 112 valence electrons. The van der Waals surface area contributed by atoms with Crippen molar-refractivity contribution in [2.45, 2.75) is 20.4 Å². The predicted octanol–water partition coefficient (Wildman–Crippen LogP) is 2.82. The van der Waals surface area contributed by atoms with Crippen molar-refractivity contribution in [1.82, 2.24) is 9.97 Å². The molecule has 0 amide bonds. The van der Waals surface area contributed by atoms with E-state index in [9.17, 15) is 10.1 Å². The quantitative estimate of drug-likeness (QED) is 0.652. The van der Waals surface area contributed by atoms with E-state index < -0.39 is 4.92 Å². The maximum absolute atomic E-state index is 11.3. The number of aromatic nitrogens is 2. The Morgan fingerprint density at radius 3 is 2.81 bits per heavy atom. The molecule has 0 unspecified atom stereocenters. The summed E-state index contributed by atoms with van der Waals surface area (Å²) >= 11 is 1.60. The minimum Gasteiger partial charge on any atom is -0.354 e. The molecule has 0 spiro atoms. The molecule has 0 bridgehead atoms. The van der Waals surface area contributed by atoms with Crippen LogP contribution in [0.3, 0.4) is 0 Å². The third kappa shape index (κ3) is 3.46. The first-order valence-electron chi connectivity index (χ1n) is 6.52. The standard InChI is InChI=1S/C13H17N5O2S/c1-4-14-13-15-9(2)11(18(19)20)12(16-13)17(3)7-10-5-6-21-8-10/h5-6,8H,4,7H2,1-3H3,(H,14,15,16). The number of thiophene rings is 1. The van der Waals surface area contributed by atoms with Gasteiger partial charge in [0, 0.05) is 20.1 Å². The van der Waals surface area contributed by atoms with Crippen LogP contribution in [-0.2, 0) is 6.54 Å². The molecule has 0 aliphatic rings. The first-order chi connectivity index (χ1) is 10.0. The molecule has 0 aliphatic carbocycles. The lowest BCUT2D eigenvalue weighted by Gasteiger charge is -2.18. The lowest BCUT2D eigenvalue weighted by atomic mass is 10.3. The summed E-state index contributed by atoms with van der Waals surface area (Å²) in [4.78, 5) is 21.1. The monoisotopic (exact) mass is 307 g/mol. The molecule has 1 N–H and O–H groups in total. The molecule has 0 saturated heterocycles. The maximum atomic E-state index is 11.3. The van der Waals surface area contributed by atoms with Crippen molar-refractivity contribution in [2.75, 3.05) is 23.8 Å². The first-order valence-corrected chi connectivity index (χ1v) is 7.46. The molecule has 0 saturated carbocycles. The van der Waals surface area contributed by atoms with E-state index in [0.717, 1.165) is 5.56 Å². The van der Waals surface area contributed by atoms with Gasteiger partial charge in [-0.2, -0.15) is 16.3 Å². The van der Waals surface area contributed by atoms with E-state index in [4.69, 9.17) is 0 Å². The molecular formula is C13H17N5O2S. The van der Waals surface area contributed by atoms with E-state index in [1.807, 2.05) is 23.8 Å². The fraction of sp³-hybridized carbons (Fsp3) is 0.385. The zero-order chi connectivity index (χ0) is 15.4. The van der Waals surface area contributed by atoms with Gasteiger partial charge in [-0.15, -0.1) is 0 Å². The van der Waals surface area contributed by atoms with Gasteiger partial charge in [0.15, 0.2) is 0 Å². The Hall–Kier alpha value is -2.22. The van der Waals surface area contributed by atoms with Crippen molar-refractivity contribution in [3.05, 3.63) is 38.2 Å². The highest BCUT2D eigenvalue weighted by atomic mass is 32.1. The zero-order valence-electron chi connectivity index (χ0n) is 12.2. The second-order valence-corrected chi connectivity index (χ2v) is 5.36. The van der Waals surface area contributed by atoms with E-state index in [1.54, 1.807) is 30.2 Å². The van der Waals surface area contributed by atoms with Gasteiger partial charge >= 0.3 is 5.69 Å². The molecule has 7 nitrogen and oxygen atoms in total. The summed E-state index contributed by atoms with van der Waals surface area (Å²) in [5, 5.41) is 18.3. The van der Waals surface area contributed by atoms with Crippen molar-refractivity contribution >= 4 is 28.8 Å². The molecule has 8 heteroatoms. The SMILES string of the molecule is CCNc1nc(C)c([N+](=O)[O-])c(N(C)Cc2ccsc2)n1. The Morgan fingerprint density at radius 1 is 1.48 bits per heavy atom. The Morgan fingerprint density at radius 2 is 2.24 bits per heavy atom. The van der Waals surface area contributed by atoms with Crippen LogP contribution in [0.25, 0.3) is 0 Å². The van der Waals surface area contributed by atoms with Crippen LogP contribution in [0.2, 0.25) is 0 Å². The van der Waals surface area contributed by atoms with Gasteiger partial charge in [0.1, 0.15) is 5.69 Å². The Balaban J connectivity index is 2.40. The van der Waals surface area contributed by atoms with Crippen molar-refractivity contribution in [1.29, 1.82) is 0 Å². The number of hydrogen-bond acceptors (Lipinski definition) is 7. The van der Waals surface area contributed by atoms with Crippen molar-refractivity contribution < 1.29 is 4.92 Å². The minimum atomic E-state index is -0.426. The molecule has 0 atom stereocenters. The number of rotatable bonds is 6. The van der Waals surface area contributed by atoms with Crippen LogP contribution >= 0.6 is 11.3 Å². The Kier molecular flexibility index (Phi) is 4.69. The number of anilines is 2. The molecular weight excluding hydrogens is 290 g/mol. The van der Waals surface area contributed by atoms with Crippen LogP contribution in [0.5, 0.6) is 0 Å². The third-order valence-corrected chi connectivity index (χ3v) is 3.65. The van der Waals surface area contributed by atoms with E-state index in [0.29, 0.717) is 30.5 Å². The van der Waals surface area contributed by atoms with Gasteiger partial charge in [-0.3, -0.25) is 10.1 Å². The Bertz CT molecular complexity index is 630. The third-order valence-electron chi connectivity index (χ3n) is 2.92. The van der Waals surface area contributed by atoms with E-state index >= 15 is 0 Å². The number of aryl methyl sites for hydroxylation is 1. The van der Waals surface area contributed by atoms with Crippen molar-refractivity contribution in [3.63, 3.8) is 0 Å². The normalized spacial score (nSPS) is 10.4. The van der Waals surface area contributed by atoms with Crippen LogP contribution in [0, 0.1) is 17.0 Å². The van der Waals surface area contributed by atoms with Gasteiger partial charge in [-0.25, -0.2) is 4.98 Å². The molecule has 0 radical (unpaired) electrons. The lowest BCUT2D eigenvalue weighted by Crippen LogP contribution is -2.20. The average molecular weight is 307 g/mol. The molecule has 0 fully saturated rings. The number of nitrogens with one attached hydrogen (secondary N) is 1. The van der Waals surface area contributed by atoms with Gasteiger partial charge < -0.3 is 10.2 Å². The molecule has 21 heavy (non-hydrogen) atoms. The topological polar surface area (TPSA) is 84.2 Å². The number of nitro groups is 1. The van der Waals surface area contributed by atoms with Gasteiger partial charge in [0.2, 0.25) is 11.8 Å². The van der Waals surface area contributed by atoms with Crippen LogP contribution in [0.4, 0.5) is 17.5 Å². The van der Waals surface area contributed by atoms with E-state index in [-0.39, 0.29) is 5.69 Å². The smallest absolute Gasteiger partial charge is 0.332 e. The van der Waals surface area contributed by atoms with Crippen molar-refractivity contribution in [2.24, 2.45) is 0 Å². The predicted molar refractivity (Wildman–Crippen MR) is 84.0 cm³/mol. The summed E-state index contributed by atoms with van der Waals surface area (Å²) in [7, 11) is 1.79. The summed E-state index contributed by atoms with van der Waals surface area (Å²) in [5.74, 6) is 0.738. The largest absolute Gasteiger partial charge is 0.354 e. The fourth-order valence-corrected chi connectivity index (χ4v) is 2.66. The van der Waals surface area contributed by atoms with Crippen molar-refractivity contribution in [3.8, 4) is 0 Å². The van der Waals surface area contributed by atoms with Gasteiger partial charge in [-0.05, 0) is 36.2 Å². The summed E-state index contributed by atoms with van der Waals surface area (Å²) in [6.07, 6.45) is 0. The molecule has 2 aromatic heterocycles. The van der Waals surface area contributed by atoms with Crippen LogP contribution in [-0.4, -0.2) is 28.5 Å². The first kappa shape index (κ1) is 15.2. The maximum Gasteiger partial charge on any atom is 0.332 e. The van der Waals surface area contributed by atoms with Crippen LogP contribution in [0.15, 0.2) is 16.8 Å². The van der Waals surface area contributed by atoms with E-state index in [2.05, 4.69) is 15.3 Å². The summed E-state index contributed by atoms with van der Waals surface area (Å²) in [6, 6.07) is 1.99. The summed E-state index contributed by atoms with van der Waals surface area (Å²) in [5.41, 5.74) is 1.41. The van der Waals surface area contributed by atoms with Crippen LogP contribution < -0.4 is 10.2 Å². The second kappa shape index (κ2) is 6.49. The Labute approximate surface area is 126 Å². The average Bonchev–Trinajstić information content (AvgIpc) is 2.90. The lowest BCUT2D eigenvalue weighted by molar-refractivity contribution is -0.385. The molecule has 0 aliphatic heterocycles. The van der Waals surface area contributed by atoms with Gasteiger partial charge in [-0.1, -0.05) is 0 Å². The molecule has 2 rings (SSSR count). The summed E-state index contributed by atoms with van der Waals surface area (Å²) < 4.78 is 0. The number of nitrogens with zero attached hydrogens (tertiary/aromatic N) is 4. The highest BCUT2D eigenvalue weighted by Crippen LogP contribution is 2.30. The minimum absolute atomic E-state index is 0.0469. The molecule has 0 aromatic carbocycles.